The molecule has 1 atom stereocenters. The van der Waals surface area contributed by atoms with Gasteiger partial charge in [0.2, 0.25) is 5.76 Å². The van der Waals surface area contributed by atoms with Crippen LogP contribution in [0.1, 0.15) is 65.0 Å². The fraction of sp³-hybridized carbons (Fsp3) is 0.333. The summed E-state index contributed by atoms with van der Waals surface area (Å²) in [5, 5.41) is 1.12. The van der Waals surface area contributed by atoms with E-state index in [0.29, 0.717) is 28.1 Å². The molecule has 1 aliphatic heterocycles. The molecule has 3 aromatic rings. The molecule has 4 nitrogen and oxygen atoms in total. The molecule has 0 spiro atoms. The molecule has 1 amide bonds. The number of amides is 1. The van der Waals surface area contributed by atoms with Crippen molar-refractivity contribution in [1.29, 1.82) is 0 Å². The van der Waals surface area contributed by atoms with Crippen LogP contribution >= 0.6 is 11.6 Å². The summed E-state index contributed by atoms with van der Waals surface area (Å²) in [6, 6.07) is 10.7. The Morgan fingerprint density at radius 3 is 2.62 bits per heavy atom. The predicted molar refractivity (Wildman–Crippen MR) is 116 cm³/mol. The Morgan fingerprint density at radius 1 is 1.10 bits per heavy atom. The normalized spacial score (nSPS) is 15.9. The average molecular weight is 410 g/mol. The van der Waals surface area contributed by atoms with Crippen LogP contribution in [0.25, 0.3) is 11.0 Å². The second kappa shape index (κ2) is 7.68. The summed E-state index contributed by atoms with van der Waals surface area (Å²) < 4.78 is 6.05. The summed E-state index contributed by atoms with van der Waals surface area (Å²) in [6.45, 7) is 6.55. The Hall–Kier alpha value is -2.59. The van der Waals surface area contributed by atoms with Crippen LogP contribution in [-0.4, -0.2) is 17.4 Å². The minimum absolute atomic E-state index is 0.130. The zero-order valence-electron chi connectivity index (χ0n) is 16.9. The van der Waals surface area contributed by atoms with Crippen molar-refractivity contribution in [2.24, 2.45) is 0 Å². The molecule has 0 aliphatic carbocycles. The maximum absolute atomic E-state index is 13.6. The van der Waals surface area contributed by atoms with Crippen molar-refractivity contribution in [3.63, 3.8) is 0 Å². The van der Waals surface area contributed by atoms with E-state index < -0.39 is 6.04 Å². The first-order valence-corrected chi connectivity index (χ1v) is 10.4. The lowest BCUT2D eigenvalue weighted by molar-refractivity contribution is 0.0724. The van der Waals surface area contributed by atoms with E-state index in [4.69, 9.17) is 16.0 Å². The molecule has 0 bridgehead atoms. The Bertz CT molecular complexity index is 1160. The summed E-state index contributed by atoms with van der Waals surface area (Å²) in [5.41, 5.74) is 3.45. The van der Waals surface area contributed by atoms with Crippen LogP contribution in [0, 0.1) is 13.8 Å². The Kier molecular flexibility index (Phi) is 5.22. The van der Waals surface area contributed by atoms with Gasteiger partial charge in [0.1, 0.15) is 5.58 Å². The van der Waals surface area contributed by atoms with Crippen molar-refractivity contribution in [2.75, 3.05) is 6.54 Å². The van der Waals surface area contributed by atoms with E-state index >= 15 is 0 Å². The van der Waals surface area contributed by atoms with Gasteiger partial charge in [-0.3, -0.25) is 9.59 Å². The van der Waals surface area contributed by atoms with Gasteiger partial charge in [0, 0.05) is 11.6 Å². The minimum Gasteiger partial charge on any atom is -0.450 e. The van der Waals surface area contributed by atoms with Crippen LogP contribution < -0.4 is 5.43 Å². The fourth-order valence-electron chi connectivity index (χ4n) is 4.30. The first-order chi connectivity index (χ1) is 13.9. The summed E-state index contributed by atoms with van der Waals surface area (Å²) in [5.74, 6) is -0.0618. The van der Waals surface area contributed by atoms with Crippen LogP contribution in [0.2, 0.25) is 5.02 Å². The number of aryl methyl sites for hydroxylation is 2. The van der Waals surface area contributed by atoms with E-state index in [1.807, 2.05) is 44.2 Å². The summed E-state index contributed by atoms with van der Waals surface area (Å²) in [6.07, 6.45) is 2.94. The highest BCUT2D eigenvalue weighted by molar-refractivity contribution is 6.30. The number of carbonyl (C=O) groups excluding carboxylic acids is 1. The smallest absolute Gasteiger partial charge is 0.290 e. The molecule has 0 fully saturated rings. The zero-order chi connectivity index (χ0) is 20.7. The highest BCUT2D eigenvalue weighted by atomic mass is 35.5. The van der Waals surface area contributed by atoms with Gasteiger partial charge in [-0.2, -0.15) is 0 Å². The number of carbonyl (C=O) groups is 1. The number of halogens is 1. The van der Waals surface area contributed by atoms with Gasteiger partial charge in [0.15, 0.2) is 5.43 Å². The molecule has 5 heteroatoms. The lowest BCUT2D eigenvalue weighted by Crippen LogP contribution is -2.30. The quantitative estimate of drug-likeness (QED) is 0.500. The third-order valence-corrected chi connectivity index (χ3v) is 5.81. The maximum atomic E-state index is 13.6. The zero-order valence-corrected chi connectivity index (χ0v) is 17.7. The lowest BCUT2D eigenvalue weighted by Gasteiger charge is -2.25. The lowest BCUT2D eigenvalue weighted by atomic mass is 9.97. The van der Waals surface area contributed by atoms with E-state index in [-0.39, 0.29) is 17.1 Å². The second-order valence-electron chi connectivity index (χ2n) is 7.79. The fourth-order valence-corrected chi connectivity index (χ4v) is 4.50. The Labute approximate surface area is 175 Å². The van der Waals surface area contributed by atoms with E-state index in [9.17, 15) is 9.59 Å². The third-order valence-electron chi connectivity index (χ3n) is 5.58. The van der Waals surface area contributed by atoms with Gasteiger partial charge in [0.25, 0.3) is 5.91 Å². The average Bonchev–Trinajstić information content (AvgIpc) is 2.94. The van der Waals surface area contributed by atoms with Crippen LogP contribution in [0.3, 0.4) is 0 Å². The largest absolute Gasteiger partial charge is 0.450 e. The van der Waals surface area contributed by atoms with E-state index in [0.717, 1.165) is 36.0 Å². The van der Waals surface area contributed by atoms with Crippen molar-refractivity contribution in [3.8, 4) is 0 Å². The molecule has 1 aromatic heterocycles. The van der Waals surface area contributed by atoms with Crippen molar-refractivity contribution < 1.29 is 9.21 Å². The molecule has 2 aromatic carbocycles. The Morgan fingerprint density at radius 2 is 1.90 bits per heavy atom. The SMILES string of the molecule is CCCCCN1C(=O)c2oc3cc(C)cc(C)c3c(=O)c2C1c1cccc(Cl)c1. The maximum Gasteiger partial charge on any atom is 0.290 e. The monoisotopic (exact) mass is 409 g/mol. The summed E-state index contributed by atoms with van der Waals surface area (Å²) >= 11 is 6.23. The molecule has 150 valence electrons. The number of hydrogen-bond donors (Lipinski definition) is 0. The topological polar surface area (TPSA) is 50.5 Å². The predicted octanol–water partition coefficient (Wildman–Crippen LogP) is 5.80. The molecule has 0 N–H and O–H groups in total. The summed E-state index contributed by atoms with van der Waals surface area (Å²) in [4.78, 5) is 28.6. The molecule has 4 rings (SSSR count). The third kappa shape index (κ3) is 3.36. The Balaban J connectivity index is 1.96. The highest BCUT2D eigenvalue weighted by Gasteiger charge is 2.42. The standard InChI is InChI=1S/C24H24ClNO3/c1-4-5-6-10-26-21(16-8-7-9-17(25)13-16)20-22(27)19-15(3)11-14(2)12-18(19)29-23(20)24(26)28/h7-9,11-13,21H,4-6,10H2,1-3H3. The second-order valence-corrected chi connectivity index (χ2v) is 8.23. The van der Waals surface area contributed by atoms with Gasteiger partial charge in [-0.1, -0.05) is 49.6 Å². The van der Waals surface area contributed by atoms with E-state index in [1.165, 1.54) is 0 Å². The molecular weight excluding hydrogens is 386 g/mol. The van der Waals surface area contributed by atoms with Crippen LogP contribution in [0.5, 0.6) is 0 Å². The molecule has 1 aliphatic rings. The summed E-state index contributed by atoms with van der Waals surface area (Å²) in [7, 11) is 0. The first-order valence-electron chi connectivity index (χ1n) is 10.1. The van der Waals surface area contributed by atoms with Crippen LogP contribution in [0.4, 0.5) is 0 Å². The van der Waals surface area contributed by atoms with Gasteiger partial charge in [0.05, 0.1) is 17.0 Å². The molecular formula is C24H24ClNO3. The van der Waals surface area contributed by atoms with Gasteiger partial charge < -0.3 is 9.32 Å². The molecule has 2 heterocycles. The molecule has 0 saturated carbocycles. The van der Waals surface area contributed by atoms with Crippen LogP contribution in [-0.2, 0) is 0 Å². The minimum atomic E-state index is -0.477. The van der Waals surface area contributed by atoms with E-state index in [1.54, 1.807) is 11.0 Å². The molecule has 0 radical (unpaired) electrons. The van der Waals surface area contributed by atoms with Gasteiger partial charge >= 0.3 is 0 Å². The van der Waals surface area contributed by atoms with Gasteiger partial charge in [-0.05, 0) is 55.2 Å². The molecule has 29 heavy (non-hydrogen) atoms. The van der Waals surface area contributed by atoms with Crippen molar-refractivity contribution >= 4 is 28.5 Å². The van der Waals surface area contributed by atoms with Crippen molar-refractivity contribution in [2.45, 2.75) is 46.1 Å². The highest BCUT2D eigenvalue weighted by Crippen LogP contribution is 2.39. The first kappa shape index (κ1) is 19.7. The molecule has 1 unspecified atom stereocenters. The van der Waals surface area contributed by atoms with Gasteiger partial charge in [-0.25, -0.2) is 0 Å². The number of rotatable bonds is 5. The molecule has 0 saturated heterocycles. The van der Waals surface area contributed by atoms with Gasteiger partial charge in [-0.15, -0.1) is 0 Å². The van der Waals surface area contributed by atoms with Crippen LogP contribution in [0.15, 0.2) is 45.6 Å². The number of benzene rings is 2. The van der Waals surface area contributed by atoms with Crippen molar-refractivity contribution in [3.05, 3.63) is 79.7 Å². The number of hydrogen-bond acceptors (Lipinski definition) is 3. The van der Waals surface area contributed by atoms with Crippen molar-refractivity contribution in [1.82, 2.24) is 4.90 Å². The number of nitrogens with zero attached hydrogens (tertiary/aromatic N) is 1. The number of unbranched alkanes of at least 4 members (excludes halogenated alkanes) is 2. The van der Waals surface area contributed by atoms with E-state index in [2.05, 4.69) is 6.92 Å². The number of fused-ring (bicyclic) bond motifs is 2.